The van der Waals surface area contributed by atoms with Crippen LogP contribution in [0.5, 0.6) is 0 Å². The van der Waals surface area contributed by atoms with Gasteiger partial charge in [-0.15, -0.1) is 24.0 Å². The Morgan fingerprint density at radius 1 is 1.19 bits per heavy atom. The third-order valence-corrected chi connectivity index (χ3v) is 4.26. The lowest BCUT2D eigenvalue weighted by Crippen LogP contribution is -2.45. The number of nitrogens with one attached hydrogen (secondary N) is 2. The smallest absolute Gasteiger partial charge is 0.191 e. The van der Waals surface area contributed by atoms with E-state index in [2.05, 4.69) is 59.8 Å². The molecule has 2 rings (SSSR count). The summed E-state index contributed by atoms with van der Waals surface area (Å²) in [5, 5.41) is 11.1. The van der Waals surface area contributed by atoms with Gasteiger partial charge in [0.1, 0.15) is 0 Å². The minimum Gasteiger partial charge on any atom is -0.379 e. The molecule has 0 radical (unpaired) electrons. The first kappa shape index (κ1) is 23.4. The highest BCUT2D eigenvalue weighted by atomic mass is 127. The van der Waals surface area contributed by atoms with Gasteiger partial charge in [0.2, 0.25) is 0 Å². The van der Waals surface area contributed by atoms with Crippen LogP contribution in [-0.2, 0) is 17.8 Å². The number of aliphatic imine (C=N–C) groups is 1. The first-order chi connectivity index (χ1) is 12.4. The number of methoxy groups -OCH3 is 1. The van der Waals surface area contributed by atoms with Gasteiger partial charge in [-0.3, -0.25) is 9.67 Å². The average Bonchev–Trinajstić information content (AvgIpc) is 3.05. The van der Waals surface area contributed by atoms with Gasteiger partial charge in [0.05, 0.1) is 18.8 Å². The molecule has 0 spiro atoms. The summed E-state index contributed by atoms with van der Waals surface area (Å²) in [5.74, 6) is 0.757. The van der Waals surface area contributed by atoms with Gasteiger partial charge in [-0.2, -0.15) is 5.10 Å². The molecule has 2 N–H and O–H groups in total. The summed E-state index contributed by atoms with van der Waals surface area (Å²) >= 11 is 0. The fourth-order valence-electron chi connectivity index (χ4n) is 2.69. The Labute approximate surface area is 179 Å². The van der Waals surface area contributed by atoms with E-state index in [1.54, 1.807) is 14.2 Å². The molecule has 6 nitrogen and oxygen atoms in total. The minimum atomic E-state index is 0. The Bertz CT molecular complexity index is 694. The molecule has 0 aliphatic carbocycles. The number of nitrogens with zero attached hydrogens (tertiary/aromatic N) is 3. The summed E-state index contributed by atoms with van der Waals surface area (Å²) in [6.07, 6.45) is 4.05. The van der Waals surface area contributed by atoms with Crippen LogP contribution in [0.15, 0.2) is 47.7 Å². The van der Waals surface area contributed by atoms with Crippen molar-refractivity contribution in [2.75, 3.05) is 20.7 Å². The fourth-order valence-corrected chi connectivity index (χ4v) is 2.69. The van der Waals surface area contributed by atoms with Gasteiger partial charge in [-0.1, -0.05) is 51.1 Å². The fraction of sp³-hybridized carbons (Fsp3) is 0.500. The molecule has 1 heterocycles. The normalized spacial score (nSPS) is 13.0. The molecule has 1 atom stereocenters. The zero-order chi connectivity index (χ0) is 19.0. The lowest BCUT2D eigenvalue weighted by atomic mass is 9.89. The van der Waals surface area contributed by atoms with Crippen molar-refractivity contribution in [3.05, 3.63) is 53.9 Å². The van der Waals surface area contributed by atoms with E-state index in [-0.39, 0.29) is 35.5 Å². The molecule has 0 aliphatic heterocycles. The van der Waals surface area contributed by atoms with Crippen molar-refractivity contribution in [3.63, 3.8) is 0 Å². The maximum absolute atomic E-state index is 5.57. The molecule has 0 bridgehead atoms. The molecule has 150 valence electrons. The summed E-state index contributed by atoms with van der Waals surface area (Å²) in [4.78, 5) is 4.28. The van der Waals surface area contributed by atoms with Crippen molar-refractivity contribution in [1.29, 1.82) is 0 Å². The van der Waals surface area contributed by atoms with Gasteiger partial charge in [-0.25, -0.2) is 0 Å². The molecule has 27 heavy (non-hydrogen) atoms. The number of rotatable bonds is 7. The van der Waals surface area contributed by atoms with E-state index in [0.717, 1.165) is 18.1 Å². The van der Waals surface area contributed by atoms with Crippen LogP contribution < -0.4 is 10.6 Å². The van der Waals surface area contributed by atoms with Crippen LogP contribution in [0.1, 0.15) is 31.9 Å². The van der Waals surface area contributed by atoms with Crippen molar-refractivity contribution >= 4 is 29.9 Å². The zero-order valence-corrected chi connectivity index (χ0v) is 19.2. The summed E-state index contributed by atoms with van der Waals surface area (Å²) in [6, 6.07) is 10.3. The SMILES string of the molecule is CN=C(NCc1cnn(Cc2ccccc2)c1)NCC(OC)C(C)(C)C.I. The lowest BCUT2D eigenvalue weighted by molar-refractivity contribution is 0.0205. The van der Waals surface area contributed by atoms with Crippen LogP contribution in [0, 0.1) is 5.41 Å². The Kier molecular flexibility index (Phi) is 9.79. The molecular formula is C20H32IN5O. The second kappa shape index (κ2) is 11.3. The molecule has 2 aromatic rings. The van der Waals surface area contributed by atoms with Crippen LogP contribution >= 0.6 is 24.0 Å². The lowest BCUT2D eigenvalue weighted by Gasteiger charge is -2.30. The van der Waals surface area contributed by atoms with Crippen LogP contribution in [0.2, 0.25) is 0 Å². The average molecular weight is 485 g/mol. The summed E-state index contributed by atoms with van der Waals surface area (Å²) < 4.78 is 7.52. The largest absolute Gasteiger partial charge is 0.379 e. The summed E-state index contributed by atoms with van der Waals surface area (Å²) in [6.45, 7) is 8.64. The molecule has 0 aliphatic rings. The van der Waals surface area contributed by atoms with E-state index >= 15 is 0 Å². The summed E-state index contributed by atoms with van der Waals surface area (Å²) in [7, 11) is 3.52. The topological polar surface area (TPSA) is 63.5 Å². The van der Waals surface area contributed by atoms with Gasteiger partial charge in [0.25, 0.3) is 0 Å². The molecule has 1 aromatic heterocycles. The second-order valence-electron chi connectivity index (χ2n) is 7.43. The van der Waals surface area contributed by atoms with Crippen LogP contribution in [0.3, 0.4) is 0 Å². The van der Waals surface area contributed by atoms with Gasteiger partial charge < -0.3 is 15.4 Å². The van der Waals surface area contributed by atoms with E-state index in [1.165, 1.54) is 5.56 Å². The molecule has 7 heteroatoms. The Hall–Kier alpha value is -1.61. The van der Waals surface area contributed by atoms with Crippen LogP contribution in [0.25, 0.3) is 0 Å². The number of hydrogen-bond acceptors (Lipinski definition) is 3. The molecule has 0 amide bonds. The predicted molar refractivity (Wildman–Crippen MR) is 122 cm³/mol. The van der Waals surface area contributed by atoms with E-state index in [4.69, 9.17) is 4.74 Å². The number of aromatic nitrogens is 2. The first-order valence-electron chi connectivity index (χ1n) is 8.95. The van der Waals surface area contributed by atoms with Crippen molar-refractivity contribution in [2.45, 2.75) is 40.0 Å². The Morgan fingerprint density at radius 3 is 2.48 bits per heavy atom. The molecule has 1 unspecified atom stereocenters. The monoisotopic (exact) mass is 485 g/mol. The highest BCUT2D eigenvalue weighted by molar-refractivity contribution is 14.0. The van der Waals surface area contributed by atoms with Gasteiger partial charge >= 0.3 is 0 Å². The first-order valence-corrected chi connectivity index (χ1v) is 8.95. The third-order valence-electron chi connectivity index (χ3n) is 4.26. The number of ether oxygens (including phenoxy) is 1. The van der Waals surface area contributed by atoms with Crippen molar-refractivity contribution in [2.24, 2.45) is 10.4 Å². The molecule has 0 saturated carbocycles. The van der Waals surface area contributed by atoms with E-state index in [0.29, 0.717) is 13.1 Å². The Morgan fingerprint density at radius 2 is 1.89 bits per heavy atom. The van der Waals surface area contributed by atoms with Crippen molar-refractivity contribution in [3.8, 4) is 0 Å². The highest BCUT2D eigenvalue weighted by Crippen LogP contribution is 2.20. The van der Waals surface area contributed by atoms with Crippen molar-refractivity contribution < 1.29 is 4.74 Å². The number of guanidine groups is 1. The van der Waals surface area contributed by atoms with E-state index in [9.17, 15) is 0 Å². The maximum atomic E-state index is 5.57. The molecular weight excluding hydrogens is 453 g/mol. The van der Waals surface area contributed by atoms with E-state index in [1.807, 2.05) is 29.1 Å². The quantitative estimate of drug-likeness (QED) is 0.359. The molecule has 0 fully saturated rings. The Balaban J connectivity index is 0.00000364. The van der Waals surface area contributed by atoms with Gasteiger partial charge in [-0.05, 0) is 11.0 Å². The molecule has 0 saturated heterocycles. The zero-order valence-electron chi connectivity index (χ0n) is 16.9. The second-order valence-corrected chi connectivity index (χ2v) is 7.43. The third kappa shape index (κ3) is 7.88. The number of halogens is 1. The highest BCUT2D eigenvalue weighted by Gasteiger charge is 2.24. The van der Waals surface area contributed by atoms with Crippen molar-refractivity contribution in [1.82, 2.24) is 20.4 Å². The maximum Gasteiger partial charge on any atom is 0.191 e. The van der Waals surface area contributed by atoms with Crippen LogP contribution in [-0.4, -0.2) is 42.5 Å². The van der Waals surface area contributed by atoms with Gasteiger partial charge in [0.15, 0.2) is 5.96 Å². The number of hydrogen-bond donors (Lipinski definition) is 2. The predicted octanol–water partition coefficient (Wildman–Crippen LogP) is 3.28. The van der Waals surface area contributed by atoms with Crippen LogP contribution in [0.4, 0.5) is 0 Å². The van der Waals surface area contributed by atoms with Gasteiger partial charge in [0, 0.05) is 39.0 Å². The minimum absolute atomic E-state index is 0. The standard InChI is InChI=1S/C20H31N5O.HI/c1-20(2,3)18(26-5)13-23-19(21-4)22-11-17-12-24-25(15-17)14-16-9-7-6-8-10-16;/h6-10,12,15,18H,11,13-14H2,1-5H3,(H2,21,22,23);1H. The summed E-state index contributed by atoms with van der Waals surface area (Å²) in [5.41, 5.74) is 2.42. The van der Waals surface area contributed by atoms with E-state index < -0.39 is 0 Å². The molecule has 1 aromatic carbocycles. The number of benzene rings is 1.